The highest BCUT2D eigenvalue weighted by Gasteiger charge is 2.30. The average Bonchev–Trinajstić information content (AvgIpc) is 2.75. The topological polar surface area (TPSA) is 102 Å². The number of imide groups is 1. The van der Waals surface area contributed by atoms with E-state index in [1.807, 2.05) is 0 Å². The van der Waals surface area contributed by atoms with E-state index in [2.05, 4.69) is 10.6 Å². The van der Waals surface area contributed by atoms with E-state index in [0.29, 0.717) is 11.4 Å². The Morgan fingerprint density at radius 3 is 2.62 bits per heavy atom. The third-order valence-electron chi connectivity index (χ3n) is 3.22. The van der Waals surface area contributed by atoms with Crippen LogP contribution in [0, 0.1) is 0 Å². The number of aliphatic hydroxyl groups excluding tert-OH is 1. The fraction of sp³-hybridized carbons (Fsp3) is 0.312. The molecule has 1 aromatic rings. The van der Waals surface area contributed by atoms with Gasteiger partial charge in [-0.15, -0.1) is 0 Å². The second-order valence-corrected chi connectivity index (χ2v) is 5.57. The summed E-state index contributed by atoms with van der Waals surface area (Å²) in [5, 5.41) is 14.5. The summed E-state index contributed by atoms with van der Waals surface area (Å²) in [7, 11) is 3.59. The molecule has 0 radical (unpaired) electrons. The van der Waals surface area contributed by atoms with Crippen LogP contribution in [0.2, 0.25) is 0 Å². The fourth-order valence-corrected chi connectivity index (χ4v) is 2.23. The summed E-state index contributed by atoms with van der Waals surface area (Å²) in [6.07, 6.45) is 1.19. The Bertz CT molecular complexity index is 684. The predicted molar refractivity (Wildman–Crippen MR) is 89.1 cm³/mol. The zero-order chi connectivity index (χ0) is 17.7. The van der Waals surface area contributed by atoms with Crippen molar-refractivity contribution in [2.45, 2.75) is 0 Å². The van der Waals surface area contributed by atoms with Crippen molar-refractivity contribution in [3.05, 3.63) is 36.0 Å². The van der Waals surface area contributed by atoms with E-state index in [-0.39, 0.29) is 31.3 Å². The van der Waals surface area contributed by atoms with E-state index >= 15 is 0 Å². The average molecular weight is 332 g/mol. The largest absolute Gasteiger partial charge is 0.395 e. The van der Waals surface area contributed by atoms with Crippen LogP contribution in [-0.2, 0) is 14.4 Å². The van der Waals surface area contributed by atoms with Crippen molar-refractivity contribution >= 4 is 29.1 Å². The maximum absolute atomic E-state index is 12.1. The molecule has 128 valence electrons. The molecule has 1 aliphatic heterocycles. The smallest absolute Gasteiger partial charge is 0.277 e. The van der Waals surface area contributed by atoms with Crippen LogP contribution in [0.4, 0.5) is 11.4 Å². The normalized spacial score (nSPS) is 14.2. The summed E-state index contributed by atoms with van der Waals surface area (Å²) in [4.78, 5) is 38.3. The number of rotatable bonds is 7. The van der Waals surface area contributed by atoms with Gasteiger partial charge in [-0.3, -0.25) is 19.3 Å². The molecule has 0 atom stereocenters. The number of anilines is 2. The monoisotopic (exact) mass is 332 g/mol. The Balaban J connectivity index is 2.05. The van der Waals surface area contributed by atoms with Gasteiger partial charge in [0.05, 0.1) is 19.7 Å². The number of carbonyl (C=O) groups is 3. The molecular weight excluding hydrogens is 312 g/mol. The van der Waals surface area contributed by atoms with Gasteiger partial charge < -0.3 is 20.6 Å². The first-order valence-electron chi connectivity index (χ1n) is 7.40. The molecule has 0 saturated heterocycles. The van der Waals surface area contributed by atoms with E-state index < -0.39 is 11.8 Å². The van der Waals surface area contributed by atoms with E-state index in [1.165, 1.54) is 6.08 Å². The summed E-state index contributed by atoms with van der Waals surface area (Å²) in [5.41, 5.74) is 1.28. The first-order valence-corrected chi connectivity index (χ1v) is 7.40. The number of β-amino-alcohol motifs (C(OH)–C–C–N with tert-alkyl or cyclic N) is 1. The molecule has 0 spiro atoms. The molecule has 3 amide bonds. The van der Waals surface area contributed by atoms with Crippen molar-refractivity contribution in [2.24, 2.45) is 0 Å². The van der Waals surface area contributed by atoms with Gasteiger partial charge >= 0.3 is 0 Å². The maximum Gasteiger partial charge on any atom is 0.277 e. The van der Waals surface area contributed by atoms with Gasteiger partial charge in [-0.25, -0.2) is 0 Å². The number of nitrogens with zero attached hydrogens (tertiary/aromatic N) is 2. The third kappa shape index (κ3) is 4.40. The molecule has 8 nitrogen and oxygen atoms in total. The lowest BCUT2D eigenvalue weighted by atomic mass is 10.2. The molecule has 0 fully saturated rings. The van der Waals surface area contributed by atoms with Crippen LogP contribution in [0.1, 0.15) is 0 Å². The molecule has 3 N–H and O–H groups in total. The molecule has 1 aromatic carbocycles. The van der Waals surface area contributed by atoms with Crippen LogP contribution in [0.15, 0.2) is 36.0 Å². The predicted octanol–water partition coefficient (Wildman–Crippen LogP) is -0.156. The van der Waals surface area contributed by atoms with Crippen molar-refractivity contribution in [2.75, 3.05) is 44.4 Å². The zero-order valence-corrected chi connectivity index (χ0v) is 13.6. The van der Waals surface area contributed by atoms with Crippen molar-refractivity contribution < 1.29 is 19.5 Å². The molecule has 0 saturated carbocycles. The van der Waals surface area contributed by atoms with Gasteiger partial charge in [0.25, 0.3) is 11.8 Å². The molecule has 2 rings (SSSR count). The van der Waals surface area contributed by atoms with Gasteiger partial charge in [0.15, 0.2) is 0 Å². The quantitative estimate of drug-likeness (QED) is 0.600. The fourth-order valence-electron chi connectivity index (χ4n) is 2.23. The summed E-state index contributed by atoms with van der Waals surface area (Å²) in [5.74, 6) is -1.11. The van der Waals surface area contributed by atoms with Crippen LogP contribution < -0.4 is 10.6 Å². The first-order chi connectivity index (χ1) is 11.4. The van der Waals surface area contributed by atoms with Gasteiger partial charge in [-0.05, 0) is 32.3 Å². The van der Waals surface area contributed by atoms with Gasteiger partial charge in [-0.2, -0.15) is 0 Å². The van der Waals surface area contributed by atoms with Gasteiger partial charge in [-0.1, -0.05) is 6.07 Å². The number of hydrogen-bond acceptors (Lipinski definition) is 6. The third-order valence-corrected chi connectivity index (χ3v) is 3.22. The van der Waals surface area contributed by atoms with Crippen LogP contribution in [0.25, 0.3) is 0 Å². The van der Waals surface area contributed by atoms with Crippen LogP contribution >= 0.6 is 0 Å². The Morgan fingerprint density at radius 2 is 1.96 bits per heavy atom. The number of carbonyl (C=O) groups excluding carboxylic acids is 3. The second kappa shape index (κ2) is 7.71. The summed E-state index contributed by atoms with van der Waals surface area (Å²) >= 11 is 0. The molecule has 1 aliphatic rings. The number of benzene rings is 1. The Morgan fingerprint density at radius 1 is 1.25 bits per heavy atom. The summed E-state index contributed by atoms with van der Waals surface area (Å²) < 4.78 is 0. The molecule has 0 aromatic heterocycles. The van der Waals surface area contributed by atoms with Crippen LogP contribution in [-0.4, -0.2) is 66.4 Å². The molecular formula is C16H20N4O4. The highest BCUT2D eigenvalue weighted by atomic mass is 16.3. The van der Waals surface area contributed by atoms with Gasteiger partial charge in [0.2, 0.25) is 5.91 Å². The van der Waals surface area contributed by atoms with Crippen LogP contribution in [0.3, 0.4) is 0 Å². The number of nitrogens with one attached hydrogen (secondary N) is 2. The molecule has 0 unspecified atom stereocenters. The van der Waals surface area contributed by atoms with Crippen molar-refractivity contribution in [1.29, 1.82) is 0 Å². The molecule has 0 aliphatic carbocycles. The minimum absolute atomic E-state index is 0.0417. The molecule has 24 heavy (non-hydrogen) atoms. The second-order valence-electron chi connectivity index (χ2n) is 5.57. The summed E-state index contributed by atoms with van der Waals surface area (Å²) in [6.45, 7) is -0.0715. The van der Waals surface area contributed by atoms with Crippen LogP contribution in [0.5, 0.6) is 0 Å². The number of aliphatic hydroxyl groups is 1. The van der Waals surface area contributed by atoms with Crippen molar-refractivity contribution in [1.82, 2.24) is 9.80 Å². The molecule has 0 bridgehead atoms. The van der Waals surface area contributed by atoms with E-state index in [0.717, 1.165) is 4.90 Å². The zero-order valence-electron chi connectivity index (χ0n) is 13.6. The Labute approximate surface area is 139 Å². The Hall–Kier alpha value is -2.71. The minimum atomic E-state index is -0.490. The number of hydrogen-bond donors (Lipinski definition) is 3. The van der Waals surface area contributed by atoms with Gasteiger partial charge in [0.1, 0.15) is 5.70 Å². The summed E-state index contributed by atoms with van der Waals surface area (Å²) in [6, 6.07) is 6.84. The van der Waals surface area contributed by atoms with Crippen molar-refractivity contribution in [3.8, 4) is 0 Å². The lowest BCUT2D eigenvalue weighted by Crippen LogP contribution is -2.34. The first kappa shape index (κ1) is 17.6. The lowest BCUT2D eigenvalue weighted by Gasteiger charge is -2.14. The van der Waals surface area contributed by atoms with E-state index in [1.54, 1.807) is 43.3 Å². The maximum atomic E-state index is 12.1. The lowest BCUT2D eigenvalue weighted by molar-refractivity contribution is -0.137. The molecule has 1 heterocycles. The molecule has 8 heteroatoms. The van der Waals surface area contributed by atoms with E-state index in [9.17, 15) is 14.4 Å². The van der Waals surface area contributed by atoms with E-state index in [4.69, 9.17) is 5.11 Å². The minimum Gasteiger partial charge on any atom is -0.395 e. The van der Waals surface area contributed by atoms with Gasteiger partial charge in [0, 0.05) is 17.5 Å². The standard InChI is InChI=1S/C16H20N4O4/c1-19(2)10-14(22)18-12-5-3-4-11(8-12)17-13-9-15(23)20(6-7-21)16(13)24/h3-5,8-9,17,21H,6-7,10H2,1-2H3,(H,18,22). The number of likely N-dealkylation sites (N-methyl/N-ethyl adjacent to an activating group) is 1. The highest BCUT2D eigenvalue weighted by molar-refractivity contribution is 6.17. The SMILES string of the molecule is CN(C)CC(=O)Nc1cccc(NC2=CC(=O)N(CCO)C2=O)c1. The van der Waals surface area contributed by atoms with Crippen molar-refractivity contribution in [3.63, 3.8) is 0 Å². The number of amides is 3. The highest BCUT2D eigenvalue weighted by Crippen LogP contribution is 2.20. The Kier molecular flexibility index (Phi) is 5.67.